The fraction of sp³-hybridized carbons (Fsp3) is 0.200. The summed E-state index contributed by atoms with van der Waals surface area (Å²) in [6.07, 6.45) is 2.62. The third kappa shape index (κ3) is 1.52. The first-order valence-electron chi connectivity index (χ1n) is 4.78. The maximum absolute atomic E-state index is 11.2. The number of hydrogen-bond acceptors (Lipinski definition) is 6. The molecule has 2 rings (SSSR count). The minimum Gasteiger partial charge on any atom is -0.594 e. The van der Waals surface area contributed by atoms with Crippen LogP contribution in [0.3, 0.4) is 0 Å². The molecule has 0 aliphatic rings. The number of aromatic nitrogens is 2. The van der Waals surface area contributed by atoms with Crippen molar-refractivity contribution in [3.63, 3.8) is 0 Å². The highest BCUT2D eigenvalue weighted by atomic mass is 16.5. The van der Waals surface area contributed by atoms with Crippen molar-refractivity contribution in [3.8, 4) is 11.5 Å². The molecule has 4 N–H and O–H groups in total. The lowest BCUT2D eigenvalue weighted by Gasteiger charge is -2.14. The van der Waals surface area contributed by atoms with Gasteiger partial charge >= 0.3 is 0 Å². The first-order chi connectivity index (χ1) is 8.10. The molecule has 0 atom stereocenters. The van der Waals surface area contributed by atoms with Gasteiger partial charge in [0.15, 0.2) is 11.5 Å². The van der Waals surface area contributed by atoms with E-state index in [2.05, 4.69) is 5.10 Å². The van der Waals surface area contributed by atoms with Crippen molar-refractivity contribution in [1.29, 1.82) is 0 Å². The van der Waals surface area contributed by atoms with Crippen LogP contribution in [0.1, 0.15) is 0 Å². The Morgan fingerprint density at radius 3 is 2.18 bits per heavy atom. The molecule has 7 heteroatoms. The van der Waals surface area contributed by atoms with E-state index < -0.39 is 0 Å². The number of benzene rings is 1. The van der Waals surface area contributed by atoms with Gasteiger partial charge in [-0.2, -0.15) is 0 Å². The molecule has 0 spiro atoms. The number of rotatable bonds is 2. The van der Waals surface area contributed by atoms with Crippen LogP contribution < -0.4 is 25.8 Å². The van der Waals surface area contributed by atoms with Crippen molar-refractivity contribution in [2.75, 3.05) is 25.7 Å². The van der Waals surface area contributed by atoms with Gasteiger partial charge in [-0.15, -0.1) is 0 Å². The Kier molecular flexibility index (Phi) is 2.51. The molecule has 0 aliphatic carbocycles. The van der Waals surface area contributed by atoms with Crippen LogP contribution in [0.25, 0.3) is 10.8 Å². The van der Waals surface area contributed by atoms with Crippen LogP contribution in [0.2, 0.25) is 0 Å². The highest BCUT2D eigenvalue weighted by Crippen LogP contribution is 2.43. The topological polar surface area (TPSA) is 110 Å². The van der Waals surface area contributed by atoms with Crippen molar-refractivity contribution >= 4 is 22.1 Å². The predicted octanol–water partition coefficient (Wildman–Crippen LogP) is 0.0498. The predicted molar refractivity (Wildman–Crippen MR) is 62.6 cm³/mol. The third-order valence-corrected chi connectivity index (χ3v) is 2.51. The summed E-state index contributed by atoms with van der Waals surface area (Å²) < 4.78 is 10.3. The molecule has 2 aromatic rings. The molecule has 1 aromatic carbocycles. The van der Waals surface area contributed by atoms with Crippen molar-refractivity contribution < 1.29 is 14.3 Å². The Balaban J connectivity index is 2.96. The van der Waals surface area contributed by atoms with Gasteiger partial charge < -0.3 is 26.1 Å². The summed E-state index contributed by atoms with van der Waals surface area (Å²) in [6.45, 7) is 0. The average molecular weight is 236 g/mol. The van der Waals surface area contributed by atoms with Gasteiger partial charge in [-0.25, -0.2) is 0 Å². The molecule has 1 heterocycles. The molecule has 0 aliphatic heterocycles. The lowest BCUT2D eigenvalue weighted by Crippen LogP contribution is -2.29. The lowest BCUT2D eigenvalue weighted by molar-refractivity contribution is -0.667. The molecule has 0 saturated carbocycles. The highest BCUT2D eigenvalue weighted by Gasteiger charge is 2.19. The zero-order valence-corrected chi connectivity index (χ0v) is 9.43. The van der Waals surface area contributed by atoms with Crippen LogP contribution >= 0.6 is 0 Å². The van der Waals surface area contributed by atoms with Crippen LogP contribution in [0.5, 0.6) is 11.5 Å². The van der Waals surface area contributed by atoms with Gasteiger partial charge in [-0.3, -0.25) is 0 Å². The van der Waals surface area contributed by atoms with Crippen LogP contribution in [0, 0.1) is 5.21 Å². The summed E-state index contributed by atoms with van der Waals surface area (Å²) in [5.74, 6) is 0.719. The quantitative estimate of drug-likeness (QED) is 0.433. The fourth-order valence-electron chi connectivity index (χ4n) is 1.73. The van der Waals surface area contributed by atoms with E-state index in [4.69, 9.17) is 20.9 Å². The number of fused-ring (bicyclic) bond motifs is 1. The second-order valence-corrected chi connectivity index (χ2v) is 3.40. The Hall–Kier alpha value is -2.44. The van der Waals surface area contributed by atoms with E-state index in [0.717, 1.165) is 0 Å². The monoisotopic (exact) mass is 236 g/mol. The molecule has 0 bridgehead atoms. The highest BCUT2D eigenvalue weighted by molar-refractivity contribution is 6.02. The summed E-state index contributed by atoms with van der Waals surface area (Å²) in [5.41, 5.74) is 12.2. The first-order valence-corrected chi connectivity index (χ1v) is 4.78. The van der Waals surface area contributed by atoms with Gasteiger partial charge in [0.25, 0.3) is 0 Å². The Bertz CT molecular complexity index is 586. The van der Waals surface area contributed by atoms with Crippen LogP contribution in [0.4, 0.5) is 11.4 Å². The smallest absolute Gasteiger partial charge is 0.221 e. The molecule has 7 nitrogen and oxygen atoms in total. The van der Waals surface area contributed by atoms with E-state index in [0.29, 0.717) is 27.1 Å². The van der Waals surface area contributed by atoms with E-state index >= 15 is 0 Å². The minimum atomic E-state index is 0.239. The van der Waals surface area contributed by atoms with Gasteiger partial charge in [-0.1, -0.05) is 4.85 Å². The maximum atomic E-state index is 11.2. The SMILES string of the molecule is COc1c(N)c(N)c(OC)c2c[n+]([O-])ncc12. The number of methoxy groups -OCH3 is 2. The zero-order chi connectivity index (χ0) is 12.6. The molecule has 0 unspecified atom stereocenters. The minimum absolute atomic E-state index is 0.239. The maximum Gasteiger partial charge on any atom is 0.221 e. The van der Waals surface area contributed by atoms with Gasteiger partial charge in [0, 0.05) is 5.10 Å². The molecule has 0 amide bonds. The van der Waals surface area contributed by atoms with Gasteiger partial charge in [-0.05, 0) is 0 Å². The van der Waals surface area contributed by atoms with Crippen molar-refractivity contribution in [1.82, 2.24) is 5.10 Å². The van der Waals surface area contributed by atoms with Gasteiger partial charge in [0.2, 0.25) is 6.20 Å². The third-order valence-electron chi connectivity index (χ3n) is 2.51. The van der Waals surface area contributed by atoms with Crippen LogP contribution in [-0.4, -0.2) is 19.3 Å². The molecule has 0 radical (unpaired) electrons. The van der Waals surface area contributed by atoms with Crippen LogP contribution in [-0.2, 0) is 0 Å². The summed E-state index contributed by atoms with van der Waals surface area (Å²) >= 11 is 0. The Morgan fingerprint density at radius 2 is 1.65 bits per heavy atom. The molecule has 1 aromatic heterocycles. The standard InChI is InChI=1S/C10H12N4O3/c1-16-9-5-3-13-14(15)4-6(5)10(17-2)8(12)7(9)11/h3-4H,11-12H2,1-2H3. The summed E-state index contributed by atoms with van der Waals surface area (Å²) in [5, 5.41) is 15.8. The Morgan fingerprint density at radius 1 is 1.12 bits per heavy atom. The summed E-state index contributed by atoms with van der Waals surface area (Å²) in [6, 6.07) is 0. The van der Waals surface area contributed by atoms with Crippen molar-refractivity contribution in [2.24, 2.45) is 0 Å². The van der Waals surface area contributed by atoms with Crippen LogP contribution in [0.15, 0.2) is 12.4 Å². The molecule has 90 valence electrons. The number of ether oxygens (including phenoxy) is 2. The number of hydrogen-bond donors (Lipinski definition) is 2. The van der Waals surface area contributed by atoms with Gasteiger partial charge in [0.05, 0.1) is 25.0 Å². The lowest BCUT2D eigenvalue weighted by atomic mass is 10.1. The largest absolute Gasteiger partial charge is 0.594 e. The van der Waals surface area contributed by atoms with E-state index in [1.54, 1.807) is 0 Å². The van der Waals surface area contributed by atoms with Crippen molar-refractivity contribution in [3.05, 3.63) is 17.6 Å². The average Bonchev–Trinajstić information content (AvgIpc) is 2.32. The van der Waals surface area contributed by atoms with Gasteiger partial charge in [0.1, 0.15) is 17.6 Å². The summed E-state index contributed by atoms with van der Waals surface area (Å²) in [7, 11) is 2.92. The number of nitrogen functional groups attached to an aromatic ring is 2. The zero-order valence-electron chi connectivity index (χ0n) is 9.43. The van der Waals surface area contributed by atoms with E-state index in [-0.39, 0.29) is 11.4 Å². The van der Waals surface area contributed by atoms with E-state index in [1.807, 2.05) is 0 Å². The summed E-state index contributed by atoms with van der Waals surface area (Å²) in [4.78, 5) is 0.417. The molecular formula is C10H12N4O3. The second kappa shape index (κ2) is 3.85. The molecular weight excluding hydrogens is 224 g/mol. The molecule has 0 saturated heterocycles. The number of anilines is 2. The number of nitrogens with two attached hydrogens (primary N) is 2. The number of nitrogens with zero attached hydrogens (tertiary/aromatic N) is 2. The van der Waals surface area contributed by atoms with Crippen molar-refractivity contribution in [2.45, 2.75) is 0 Å². The molecule has 17 heavy (non-hydrogen) atoms. The fourth-order valence-corrected chi connectivity index (χ4v) is 1.73. The Labute approximate surface area is 97.1 Å². The normalized spacial score (nSPS) is 10.5. The van der Waals surface area contributed by atoms with E-state index in [1.165, 1.54) is 26.6 Å². The van der Waals surface area contributed by atoms with E-state index in [9.17, 15) is 5.21 Å². The second-order valence-electron chi connectivity index (χ2n) is 3.40. The molecule has 0 fully saturated rings. The first kappa shape index (κ1) is 11.1.